The molecule has 27 heavy (non-hydrogen) atoms. The molecule has 1 N–H and O–H groups in total. The van der Waals surface area contributed by atoms with Crippen LogP contribution in [-0.4, -0.2) is 25.1 Å². The van der Waals surface area contributed by atoms with Gasteiger partial charge in [-0.1, -0.05) is 12.1 Å². The molecule has 8 nitrogen and oxygen atoms in total. The van der Waals surface area contributed by atoms with E-state index in [9.17, 15) is 14.9 Å². The predicted octanol–water partition coefficient (Wildman–Crippen LogP) is 3.26. The standard InChI is InChI=1S/C19H18N2O6/c1-25-14-8-6-12-4-3-5-16(15(12)11-14)20-27-19(22)13-7-9-18(26-2)17(10-13)21(23)24/h5-11,20H,3-4H2,1-2H3. The second-order valence-electron chi connectivity index (χ2n) is 5.81. The number of carbonyl (C=O) groups is 1. The highest BCUT2D eigenvalue weighted by atomic mass is 16.7. The van der Waals surface area contributed by atoms with E-state index in [-0.39, 0.29) is 17.0 Å². The van der Waals surface area contributed by atoms with Crippen LogP contribution in [0.25, 0.3) is 5.70 Å². The predicted molar refractivity (Wildman–Crippen MR) is 97.5 cm³/mol. The lowest BCUT2D eigenvalue weighted by Gasteiger charge is -2.19. The van der Waals surface area contributed by atoms with Crippen LogP contribution in [-0.2, 0) is 11.3 Å². The minimum atomic E-state index is -0.739. The SMILES string of the molecule is COc1ccc2c(c1)C(NOC(=O)c1ccc(OC)c([N+](=O)[O-])c1)=CCC2. The second-order valence-corrected chi connectivity index (χ2v) is 5.81. The molecule has 1 aliphatic carbocycles. The van der Waals surface area contributed by atoms with Gasteiger partial charge in [-0.25, -0.2) is 10.3 Å². The molecule has 2 aromatic carbocycles. The molecule has 3 rings (SSSR count). The molecule has 0 aromatic heterocycles. The smallest absolute Gasteiger partial charge is 0.363 e. The lowest BCUT2D eigenvalue weighted by atomic mass is 9.95. The first-order valence-electron chi connectivity index (χ1n) is 8.20. The van der Waals surface area contributed by atoms with Gasteiger partial charge in [0.2, 0.25) is 0 Å². The Balaban J connectivity index is 1.76. The number of carbonyl (C=O) groups excluding carboxylic acids is 1. The van der Waals surface area contributed by atoms with E-state index in [1.165, 1.54) is 19.2 Å². The molecule has 0 spiro atoms. The van der Waals surface area contributed by atoms with Crippen LogP contribution in [0.15, 0.2) is 42.5 Å². The van der Waals surface area contributed by atoms with E-state index in [2.05, 4.69) is 5.48 Å². The molecule has 0 saturated carbocycles. The monoisotopic (exact) mass is 370 g/mol. The fourth-order valence-corrected chi connectivity index (χ4v) is 2.85. The number of nitro benzene ring substituents is 1. The molecule has 0 bridgehead atoms. The summed E-state index contributed by atoms with van der Waals surface area (Å²) in [5.74, 6) is 0.0256. The molecule has 0 fully saturated rings. The minimum Gasteiger partial charge on any atom is -0.497 e. The lowest BCUT2D eigenvalue weighted by Crippen LogP contribution is -2.21. The highest BCUT2D eigenvalue weighted by Crippen LogP contribution is 2.29. The number of nitrogens with zero attached hydrogens (tertiary/aromatic N) is 1. The van der Waals surface area contributed by atoms with E-state index in [1.807, 2.05) is 24.3 Å². The summed E-state index contributed by atoms with van der Waals surface area (Å²) in [7, 11) is 2.90. The van der Waals surface area contributed by atoms with Crippen molar-refractivity contribution in [3.8, 4) is 11.5 Å². The summed E-state index contributed by atoms with van der Waals surface area (Å²) >= 11 is 0. The number of methoxy groups -OCH3 is 2. The normalized spacial score (nSPS) is 12.4. The van der Waals surface area contributed by atoms with Gasteiger partial charge in [-0.05, 0) is 42.7 Å². The summed E-state index contributed by atoms with van der Waals surface area (Å²) in [6.45, 7) is 0. The summed E-state index contributed by atoms with van der Waals surface area (Å²) in [5, 5.41) is 11.1. The molecule has 0 saturated heterocycles. The first kappa shape index (κ1) is 18.2. The molecule has 0 amide bonds. The second kappa shape index (κ2) is 7.77. The van der Waals surface area contributed by atoms with Crippen molar-refractivity contribution in [2.24, 2.45) is 0 Å². The van der Waals surface area contributed by atoms with Crippen molar-refractivity contribution in [3.63, 3.8) is 0 Å². The molecule has 0 heterocycles. The molecule has 2 aromatic rings. The average Bonchev–Trinajstić information content (AvgIpc) is 2.70. The third-order valence-corrected chi connectivity index (χ3v) is 4.23. The van der Waals surface area contributed by atoms with Crippen LogP contribution in [0.5, 0.6) is 11.5 Å². The van der Waals surface area contributed by atoms with Crippen molar-refractivity contribution >= 4 is 17.4 Å². The van der Waals surface area contributed by atoms with Crippen molar-refractivity contribution in [1.82, 2.24) is 5.48 Å². The topological polar surface area (TPSA) is 99.9 Å². The third kappa shape index (κ3) is 3.84. The van der Waals surface area contributed by atoms with Gasteiger partial charge in [-0.15, -0.1) is 0 Å². The quantitative estimate of drug-likeness (QED) is 0.615. The number of fused-ring (bicyclic) bond motifs is 1. The van der Waals surface area contributed by atoms with Gasteiger partial charge in [-0.3, -0.25) is 10.1 Å². The Morgan fingerprint density at radius 3 is 2.67 bits per heavy atom. The van der Waals surface area contributed by atoms with Gasteiger partial charge in [0, 0.05) is 11.6 Å². The molecule has 0 radical (unpaired) electrons. The fourth-order valence-electron chi connectivity index (χ4n) is 2.85. The highest BCUT2D eigenvalue weighted by molar-refractivity contribution is 5.91. The molecule has 140 valence electrons. The van der Waals surface area contributed by atoms with Crippen LogP contribution in [0.2, 0.25) is 0 Å². The van der Waals surface area contributed by atoms with Crippen LogP contribution in [0.4, 0.5) is 5.69 Å². The number of hydrogen-bond donors (Lipinski definition) is 1. The van der Waals surface area contributed by atoms with E-state index in [4.69, 9.17) is 14.3 Å². The van der Waals surface area contributed by atoms with Crippen LogP contribution < -0.4 is 15.0 Å². The summed E-state index contributed by atoms with van der Waals surface area (Å²) in [5.41, 5.74) is 5.03. The Kier molecular flexibility index (Phi) is 5.25. The number of allylic oxidation sites excluding steroid dienone is 1. The van der Waals surface area contributed by atoms with Crippen molar-refractivity contribution in [1.29, 1.82) is 0 Å². The number of hydroxylamine groups is 1. The Morgan fingerprint density at radius 2 is 1.96 bits per heavy atom. The maximum absolute atomic E-state index is 12.3. The molecule has 0 unspecified atom stereocenters. The maximum Gasteiger partial charge on any atom is 0.363 e. The summed E-state index contributed by atoms with van der Waals surface area (Å²) in [6.07, 6.45) is 3.60. The average molecular weight is 370 g/mol. The van der Waals surface area contributed by atoms with Gasteiger partial charge in [0.15, 0.2) is 5.75 Å². The molecule has 0 aliphatic heterocycles. The largest absolute Gasteiger partial charge is 0.497 e. The highest BCUT2D eigenvalue weighted by Gasteiger charge is 2.20. The molecule has 0 atom stereocenters. The Labute approximate surface area is 155 Å². The molecular formula is C19H18N2O6. The van der Waals surface area contributed by atoms with Crippen molar-refractivity contribution in [2.75, 3.05) is 14.2 Å². The van der Waals surface area contributed by atoms with E-state index >= 15 is 0 Å². The van der Waals surface area contributed by atoms with Crippen LogP contribution in [0.3, 0.4) is 0 Å². The zero-order chi connectivity index (χ0) is 19.4. The number of nitro groups is 1. The lowest BCUT2D eigenvalue weighted by molar-refractivity contribution is -0.385. The Bertz CT molecular complexity index is 922. The molecular weight excluding hydrogens is 352 g/mol. The van der Waals surface area contributed by atoms with E-state index in [1.54, 1.807) is 7.11 Å². The van der Waals surface area contributed by atoms with Gasteiger partial charge in [0.1, 0.15) is 5.75 Å². The van der Waals surface area contributed by atoms with Gasteiger partial charge in [0.25, 0.3) is 0 Å². The van der Waals surface area contributed by atoms with E-state index in [0.29, 0.717) is 11.4 Å². The fraction of sp³-hybridized carbons (Fsp3) is 0.211. The first-order chi connectivity index (χ1) is 13.0. The summed E-state index contributed by atoms with van der Waals surface area (Å²) in [6, 6.07) is 9.59. The third-order valence-electron chi connectivity index (χ3n) is 4.23. The van der Waals surface area contributed by atoms with Gasteiger partial charge >= 0.3 is 11.7 Å². The number of nitrogens with one attached hydrogen (secondary N) is 1. The van der Waals surface area contributed by atoms with Crippen LogP contribution in [0, 0.1) is 10.1 Å². The minimum absolute atomic E-state index is 0.0391. The zero-order valence-electron chi connectivity index (χ0n) is 14.9. The van der Waals surface area contributed by atoms with Crippen molar-refractivity contribution in [3.05, 3.63) is 69.3 Å². The maximum atomic E-state index is 12.3. The van der Waals surface area contributed by atoms with Crippen LogP contribution >= 0.6 is 0 Å². The van der Waals surface area contributed by atoms with Crippen molar-refractivity contribution < 1.29 is 24.0 Å². The zero-order valence-corrected chi connectivity index (χ0v) is 14.9. The van der Waals surface area contributed by atoms with Crippen LogP contribution in [0.1, 0.15) is 27.9 Å². The Hall–Kier alpha value is -3.55. The van der Waals surface area contributed by atoms with Gasteiger partial charge < -0.3 is 14.3 Å². The summed E-state index contributed by atoms with van der Waals surface area (Å²) in [4.78, 5) is 27.9. The van der Waals surface area contributed by atoms with Gasteiger partial charge in [0.05, 0.1) is 30.4 Å². The number of aryl methyl sites for hydroxylation is 1. The molecule has 8 heteroatoms. The number of rotatable bonds is 6. The number of benzene rings is 2. The molecule has 1 aliphatic rings. The first-order valence-corrected chi connectivity index (χ1v) is 8.20. The summed E-state index contributed by atoms with van der Waals surface area (Å²) < 4.78 is 10.2. The number of ether oxygens (including phenoxy) is 2. The van der Waals surface area contributed by atoms with Crippen molar-refractivity contribution in [2.45, 2.75) is 12.8 Å². The van der Waals surface area contributed by atoms with E-state index < -0.39 is 10.9 Å². The van der Waals surface area contributed by atoms with E-state index in [0.717, 1.165) is 30.0 Å². The number of hydrogen-bond acceptors (Lipinski definition) is 7. The van der Waals surface area contributed by atoms with Gasteiger partial charge in [-0.2, -0.15) is 0 Å². The Morgan fingerprint density at radius 1 is 1.15 bits per heavy atom.